The highest BCUT2D eigenvalue weighted by Crippen LogP contribution is 2.41. The Morgan fingerprint density at radius 1 is 0.969 bits per heavy atom. The third-order valence-electron chi connectivity index (χ3n) is 5.19. The molecule has 3 aromatic rings. The van der Waals surface area contributed by atoms with Crippen molar-refractivity contribution in [1.82, 2.24) is 9.97 Å². The smallest absolute Gasteiger partial charge is 0.335 e. The van der Waals surface area contributed by atoms with Crippen LogP contribution in [0.1, 0.15) is 30.8 Å². The van der Waals surface area contributed by atoms with Crippen molar-refractivity contribution in [2.45, 2.75) is 26.4 Å². The van der Waals surface area contributed by atoms with Crippen LogP contribution in [0.15, 0.2) is 67.0 Å². The van der Waals surface area contributed by atoms with Crippen molar-refractivity contribution < 1.29 is 19.0 Å². The van der Waals surface area contributed by atoms with Crippen molar-refractivity contribution in [3.63, 3.8) is 0 Å². The molecule has 6 nitrogen and oxygen atoms in total. The van der Waals surface area contributed by atoms with Crippen molar-refractivity contribution in [3.8, 4) is 16.9 Å². The number of fused-ring (bicyclic) bond motifs is 3. The topological polar surface area (TPSA) is 70.5 Å². The molecule has 1 aliphatic rings. The molecule has 2 heterocycles. The predicted octanol–water partition coefficient (Wildman–Crippen LogP) is 4.48. The molecule has 1 unspecified atom stereocenters. The molecular formula is C26H26N2O4. The number of carbonyl (C=O) groups is 1. The van der Waals surface area contributed by atoms with E-state index in [9.17, 15) is 4.79 Å². The minimum atomic E-state index is -0.624. The minimum absolute atomic E-state index is 0.330. The first-order valence-corrected chi connectivity index (χ1v) is 10.8. The number of benzene rings is 1. The molecule has 0 fully saturated rings. The standard InChI is InChI=1S/C26H26N2O4/c1-3-30-23(26(29)31-4-2)17-18-8-5-9-19(16-18)32-15-12-22-24-20(10-6-13-27-24)21-11-7-14-28-25(21)22/h5-14,16,23H,3-4,15,17H2,1-2H3. The molecular weight excluding hydrogens is 404 g/mol. The number of esters is 1. The number of ether oxygens (including phenoxy) is 3. The van der Waals surface area contributed by atoms with E-state index in [2.05, 4.69) is 22.1 Å². The predicted molar refractivity (Wildman–Crippen MR) is 122 cm³/mol. The Hall–Kier alpha value is -3.51. The second-order valence-corrected chi connectivity index (χ2v) is 7.28. The highest BCUT2D eigenvalue weighted by atomic mass is 16.6. The molecule has 1 aromatic carbocycles. The summed E-state index contributed by atoms with van der Waals surface area (Å²) in [6.45, 7) is 4.80. The summed E-state index contributed by atoms with van der Waals surface area (Å²) in [7, 11) is 0. The largest absolute Gasteiger partial charge is 0.489 e. The number of hydrogen-bond donors (Lipinski definition) is 0. The van der Waals surface area contributed by atoms with Crippen LogP contribution in [0.3, 0.4) is 0 Å². The lowest BCUT2D eigenvalue weighted by Crippen LogP contribution is -2.29. The van der Waals surface area contributed by atoms with E-state index < -0.39 is 6.10 Å². The molecule has 6 heteroatoms. The van der Waals surface area contributed by atoms with Crippen molar-refractivity contribution in [2.75, 3.05) is 19.8 Å². The van der Waals surface area contributed by atoms with Gasteiger partial charge in [0.1, 0.15) is 12.4 Å². The van der Waals surface area contributed by atoms with Gasteiger partial charge in [0.05, 0.1) is 18.0 Å². The van der Waals surface area contributed by atoms with Crippen LogP contribution in [0.25, 0.3) is 16.7 Å². The summed E-state index contributed by atoms with van der Waals surface area (Å²) in [4.78, 5) is 21.3. The monoisotopic (exact) mass is 430 g/mol. The van der Waals surface area contributed by atoms with Gasteiger partial charge in [0.15, 0.2) is 6.10 Å². The molecule has 0 aliphatic heterocycles. The maximum absolute atomic E-state index is 12.1. The number of pyridine rings is 2. The number of hydrogen-bond acceptors (Lipinski definition) is 6. The van der Waals surface area contributed by atoms with Crippen LogP contribution in [0.5, 0.6) is 5.75 Å². The molecule has 0 bridgehead atoms. The molecule has 0 saturated carbocycles. The summed E-state index contributed by atoms with van der Waals surface area (Å²) < 4.78 is 16.7. The zero-order chi connectivity index (χ0) is 22.3. The van der Waals surface area contributed by atoms with E-state index >= 15 is 0 Å². The molecule has 0 N–H and O–H groups in total. The maximum atomic E-state index is 12.1. The van der Waals surface area contributed by atoms with Gasteiger partial charge in [-0.3, -0.25) is 9.97 Å². The summed E-state index contributed by atoms with van der Waals surface area (Å²) >= 11 is 0. The maximum Gasteiger partial charge on any atom is 0.335 e. The average molecular weight is 431 g/mol. The first kappa shape index (κ1) is 21.7. The molecule has 4 rings (SSSR count). The Kier molecular flexibility index (Phi) is 6.92. The zero-order valence-corrected chi connectivity index (χ0v) is 18.3. The van der Waals surface area contributed by atoms with Gasteiger partial charge < -0.3 is 14.2 Å². The molecule has 1 aliphatic carbocycles. The number of nitrogens with zero attached hydrogens (tertiary/aromatic N) is 2. The second kappa shape index (κ2) is 10.2. The van der Waals surface area contributed by atoms with Crippen LogP contribution in [0.2, 0.25) is 0 Å². The van der Waals surface area contributed by atoms with E-state index in [1.54, 1.807) is 19.3 Å². The van der Waals surface area contributed by atoms with Gasteiger partial charge in [-0.2, -0.15) is 0 Å². The van der Waals surface area contributed by atoms with Crippen LogP contribution >= 0.6 is 0 Å². The zero-order valence-electron chi connectivity index (χ0n) is 18.3. The fraction of sp³-hybridized carbons (Fsp3) is 0.269. The van der Waals surface area contributed by atoms with Gasteiger partial charge in [0.2, 0.25) is 0 Å². The van der Waals surface area contributed by atoms with Crippen molar-refractivity contribution in [3.05, 3.63) is 84.0 Å². The first-order chi connectivity index (χ1) is 15.7. The lowest BCUT2D eigenvalue weighted by molar-refractivity contribution is -0.156. The molecule has 32 heavy (non-hydrogen) atoms. The summed E-state index contributed by atoms with van der Waals surface area (Å²) in [5, 5.41) is 0. The quantitative estimate of drug-likeness (QED) is 0.365. The van der Waals surface area contributed by atoms with Crippen molar-refractivity contribution in [1.29, 1.82) is 0 Å². The van der Waals surface area contributed by atoms with Gasteiger partial charge in [-0.05, 0) is 49.8 Å². The van der Waals surface area contributed by atoms with Gasteiger partial charge in [0, 0.05) is 42.1 Å². The highest BCUT2D eigenvalue weighted by Gasteiger charge is 2.25. The lowest BCUT2D eigenvalue weighted by Gasteiger charge is -2.16. The number of carbonyl (C=O) groups excluding carboxylic acids is 1. The normalized spacial score (nSPS) is 12.6. The Morgan fingerprint density at radius 2 is 1.69 bits per heavy atom. The minimum Gasteiger partial charge on any atom is -0.489 e. The lowest BCUT2D eigenvalue weighted by atomic mass is 10.1. The first-order valence-electron chi connectivity index (χ1n) is 10.8. The third kappa shape index (κ3) is 4.70. The molecule has 164 valence electrons. The van der Waals surface area contributed by atoms with Crippen LogP contribution in [-0.4, -0.2) is 41.9 Å². The molecule has 0 saturated heterocycles. The van der Waals surface area contributed by atoms with E-state index in [1.165, 1.54) is 0 Å². The fourth-order valence-electron chi connectivity index (χ4n) is 3.82. The molecule has 0 radical (unpaired) electrons. The number of rotatable bonds is 9. The number of aromatic nitrogens is 2. The van der Waals surface area contributed by atoms with E-state index in [0.717, 1.165) is 39.4 Å². The third-order valence-corrected chi connectivity index (χ3v) is 5.19. The van der Waals surface area contributed by atoms with Gasteiger partial charge in [-0.1, -0.05) is 24.3 Å². The van der Waals surface area contributed by atoms with E-state index in [1.807, 2.05) is 49.4 Å². The van der Waals surface area contributed by atoms with E-state index in [-0.39, 0.29) is 5.97 Å². The van der Waals surface area contributed by atoms with Gasteiger partial charge in [-0.15, -0.1) is 0 Å². The Morgan fingerprint density at radius 3 is 2.34 bits per heavy atom. The van der Waals surface area contributed by atoms with E-state index in [0.29, 0.717) is 26.2 Å². The Bertz CT molecular complexity index is 1080. The van der Waals surface area contributed by atoms with Gasteiger partial charge >= 0.3 is 5.97 Å². The van der Waals surface area contributed by atoms with Gasteiger partial charge in [-0.25, -0.2) is 4.79 Å². The summed E-state index contributed by atoms with van der Waals surface area (Å²) in [5.74, 6) is 0.378. The highest BCUT2D eigenvalue weighted by molar-refractivity contribution is 5.98. The molecule has 0 amide bonds. The van der Waals surface area contributed by atoms with Crippen molar-refractivity contribution in [2.24, 2.45) is 0 Å². The van der Waals surface area contributed by atoms with Crippen molar-refractivity contribution >= 4 is 11.5 Å². The Labute approximate surface area is 187 Å². The molecule has 1 atom stereocenters. The van der Waals surface area contributed by atoms with Gasteiger partial charge in [0.25, 0.3) is 0 Å². The Balaban J connectivity index is 1.47. The fourth-order valence-corrected chi connectivity index (χ4v) is 3.82. The average Bonchev–Trinajstić information content (AvgIpc) is 3.13. The summed E-state index contributed by atoms with van der Waals surface area (Å²) in [5.41, 5.74) is 5.95. The van der Waals surface area contributed by atoms with Crippen LogP contribution < -0.4 is 4.74 Å². The summed E-state index contributed by atoms with van der Waals surface area (Å²) in [6.07, 6.45) is 5.40. The SMILES string of the molecule is CCOC(=O)C(Cc1cccc(OCC=C2c3ncccc3-c3cccnc32)c1)OCC. The van der Waals surface area contributed by atoms with Crippen LogP contribution in [0, 0.1) is 0 Å². The summed E-state index contributed by atoms with van der Waals surface area (Å²) in [6, 6.07) is 15.7. The second-order valence-electron chi connectivity index (χ2n) is 7.28. The van der Waals surface area contributed by atoms with Crippen LogP contribution in [-0.2, 0) is 20.7 Å². The van der Waals surface area contributed by atoms with E-state index in [4.69, 9.17) is 14.2 Å². The molecule has 2 aromatic heterocycles. The molecule has 0 spiro atoms. The van der Waals surface area contributed by atoms with Crippen LogP contribution in [0.4, 0.5) is 0 Å².